The summed E-state index contributed by atoms with van der Waals surface area (Å²) in [4.78, 5) is 25.7. The molecule has 0 bridgehead atoms. The van der Waals surface area contributed by atoms with E-state index in [0.717, 1.165) is 32.2 Å². The quantitative estimate of drug-likeness (QED) is 0.928. The van der Waals surface area contributed by atoms with Gasteiger partial charge in [-0.25, -0.2) is 0 Å². The molecule has 4 heteroatoms. The minimum absolute atomic E-state index is 0.0542. The summed E-state index contributed by atoms with van der Waals surface area (Å²) in [5, 5.41) is 3.20. The highest BCUT2D eigenvalue weighted by atomic mass is 16.2. The van der Waals surface area contributed by atoms with E-state index in [1.807, 2.05) is 11.0 Å². The van der Waals surface area contributed by atoms with Gasteiger partial charge in [0.05, 0.1) is 0 Å². The Morgan fingerprint density at radius 1 is 1.17 bits per heavy atom. The van der Waals surface area contributed by atoms with E-state index < -0.39 is 0 Å². The molecule has 1 heterocycles. The summed E-state index contributed by atoms with van der Waals surface area (Å²) in [5.41, 5.74) is 1.48. The summed E-state index contributed by atoms with van der Waals surface area (Å²) >= 11 is 0. The molecule has 0 aromatic heterocycles. The molecule has 1 saturated carbocycles. The number of nitrogens with zero attached hydrogens (tertiary/aromatic N) is 1. The fourth-order valence-corrected chi connectivity index (χ4v) is 3.82. The molecule has 1 aromatic carbocycles. The molecule has 0 atom stereocenters. The van der Waals surface area contributed by atoms with Crippen LogP contribution < -0.4 is 5.32 Å². The zero-order valence-electron chi connectivity index (χ0n) is 13.9. The van der Waals surface area contributed by atoms with Crippen molar-refractivity contribution in [3.63, 3.8) is 0 Å². The second-order valence-corrected chi connectivity index (χ2v) is 7.00. The van der Waals surface area contributed by atoms with Gasteiger partial charge in [-0.1, -0.05) is 36.8 Å². The van der Waals surface area contributed by atoms with Crippen LogP contribution in [0.5, 0.6) is 0 Å². The smallest absolute Gasteiger partial charge is 0.223 e. The fraction of sp³-hybridized carbons (Fsp3) is 0.579. The van der Waals surface area contributed by atoms with Gasteiger partial charge < -0.3 is 10.2 Å². The van der Waals surface area contributed by atoms with Gasteiger partial charge in [-0.15, -0.1) is 0 Å². The first-order chi connectivity index (χ1) is 11.1. The number of nitrogens with one attached hydrogen (secondary N) is 1. The van der Waals surface area contributed by atoms with E-state index in [1.54, 1.807) is 6.92 Å². The number of carbonyl (C=O) groups is 2. The largest absolute Gasteiger partial charge is 0.355 e. The van der Waals surface area contributed by atoms with Crippen LogP contribution in [0.2, 0.25) is 0 Å². The van der Waals surface area contributed by atoms with E-state index in [2.05, 4.69) is 29.6 Å². The Hall–Kier alpha value is -1.84. The molecule has 1 aliphatic carbocycles. The molecule has 1 aliphatic heterocycles. The normalized spacial score (nSPS) is 20.7. The lowest BCUT2D eigenvalue weighted by molar-refractivity contribution is -0.134. The number of piperidine rings is 1. The van der Waals surface area contributed by atoms with Gasteiger partial charge in [0.15, 0.2) is 0 Å². The van der Waals surface area contributed by atoms with E-state index in [-0.39, 0.29) is 23.1 Å². The van der Waals surface area contributed by atoms with Gasteiger partial charge in [0.2, 0.25) is 11.8 Å². The van der Waals surface area contributed by atoms with Gasteiger partial charge in [0, 0.05) is 37.9 Å². The summed E-state index contributed by atoms with van der Waals surface area (Å²) in [7, 11) is 0. The van der Waals surface area contributed by atoms with Crippen molar-refractivity contribution in [2.24, 2.45) is 5.92 Å². The third-order valence-electron chi connectivity index (χ3n) is 5.61. The Bertz CT molecular complexity index is 558. The molecule has 1 N–H and O–H groups in total. The lowest BCUT2D eigenvalue weighted by Crippen LogP contribution is -2.48. The number of rotatable bonds is 4. The van der Waals surface area contributed by atoms with Crippen LogP contribution >= 0.6 is 0 Å². The molecular formula is C19H26N2O2. The summed E-state index contributed by atoms with van der Waals surface area (Å²) in [6.45, 7) is 3.75. The minimum atomic E-state index is 0.0542. The molecule has 0 spiro atoms. The summed E-state index contributed by atoms with van der Waals surface area (Å²) < 4.78 is 0. The maximum Gasteiger partial charge on any atom is 0.223 e. The van der Waals surface area contributed by atoms with Gasteiger partial charge in [-0.3, -0.25) is 9.59 Å². The van der Waals surface area contributed by atoms with Crippen molar-refractivity contribution in [1.29, 1.82) is 0 Å². The second kappa shape index (κ2) is 6.73. The number of likely N-dealkylation sites (tertiary alicyclic amines) is 1. The van der Waals surface area contributed by atoms with Crippen LogP contribution in [0.3, 0.4) is 0 Å². The van der Waals surface area contributed by atoms with Crippen LogP contribution in [0.1, 0.15) is 44.6 Å². The highest BCUT2D eigenvalue weighted by Gasteiger charge is 2.39. The Morgan fingerprint density at radius 3 is 2.35 bits per heavy atom. The molecule has 0 unspecified atom stereocenters. The van der Waals surface area contributed by atoms with Crippen LogP contribution in [0.4, 0.5) is 0 Å². The third kappa shape index (κ3) is 3.41. The van der Waals surface area contributed by atoms with Crippen molar-refractivity contribution in [3.05, 3.63) is 35.9 Å². The van der Waals surface area contributed by atoms with Crippen LogP contribution in [-0.2, 0) is 15.0 Å². The van der Waals surface area contributed by atoms with Crippen LogP contribution in [0.25, 0.3) is 0 Å². The first kappa shape index (κ1) is 16.0. The number of amides is 2. The van der Waals surface area contributed by atoms with Gasteiger partial charge in [-0.05, 0) is 31.2 Å². The highest BCUT2D eigenvalue weighted by molar-refractivity contribution is 5.79. The lowest BCUT2D eigenvalue weighted by Gasteiger charge is -2.43. The van der Waals surface area contributed by atoms with Crippen molar-refractivity contribution in [3.8, 4) is 0 Å². The van der Waals surface area contributed by atoms with E-state index >= 15 is 0 Å². The molecule has 1 saturated heterocycles. The van der Waals surface area contributed by atoms with Crippen molar-refractivity contribution in [2.75, 3.05) is 19.6 Å². The summed E-state index contributed by atoms with van der Waals surface area (Å²) in [6, 6.07) is 10.5. The molecule has 2 fully saturated rings. The number of hydrogen-bond acceptors (Lipinski definition) is 2. The van der Waals surface area contributed by atoms with Gasteiger partial charge in [-0.2, -0.15) is 0 Å². The Labute approximate surface area is 138 Å². The zero-order valence-corrected chi connectivity index (χ0v) is 13.9. The van der Waals surface area contributed by atoms with Crippen LogP contribution in [0, 0.1) is 5.92 Å². The highest BCUT2D eigenvalue weighted by Crippen LogP contribution is 2.43. The van der Waals surface area contributed by atoms with Gasteiger partial charge in [0.25, 0.3) is 0 Å². The predicted molar refractivity (Wildman–Crippen MR) is 90.0 cm³/mol. The Morgan fingerprint density at radius 2 is 1.83 bits per heavy atom. The van der Waals surface area contributed by atoms with E-state index in [9.17, 15) is 9.59 Å². The molecule has 2 amide bonds. The zero-order chi connectivity index (χ0) is 16.3. The number of benzene rings is 1. The molecule has 3 rings (SSSR count). The maximum atomic E-state index is 12.5. The minimum Gasteiger partial charge on any atom is -0.355 e. The van der Waals surface area contributed by atoms with Crippen LogP contribution in [-0.4, -0.2) is 36.3 Å². The van der Waals surface area contributed by atoms with E-state index in [0.29, 0.717) is 13.1 Å². The Balaban J connectivity index is 1.54. The summed E-state index contributed by atoms with van der Waals surface area (Å²) in [5.74, 6) is 0.329. The van der Waals surface area contributed by atoms with Crippen molar-refractivity contribution >= 4 is 11.8 Å². The molecule has 124 valence electrons. The van der Waals surface area contributed by atoms with E-state index in [1.165, 1.54) is 12.0 Å². The topological polar surface area (TPSA) is 49.4 Å². The monoisotopic (exact) mass is 314 g/mol. The third-order valence-corrected chi connectivity index (χ3v) is 5.61. The number of hydrogen-bond donors (Lipinski definition) is 1. The second-order valence-electron chi connectivity index (χ2n) is 7.00. The average molecular weight is 314 g/mol. The van der Waals surface area contributed by atoms with Crippen molar-refractivity contribution in [1.82, 2.24) is 10.2 Å². The molecular weight excluding hydrogens is 288 g/mol. The molecule has 4 nitrogen and oxygen atoms in total. The van der Waals surface area contributed by atoms with Gasteiger partial charge >= 0.3 is 0 Å². The standard InChI is InChI=1S/C19H26N2O2/c1-15(22)21-12-8-16(9-13-21)18(23)20-14-19(10-5-11-19)17-6-3-2-4-7-17/h2-4,6-7,16H,5,8-14H2,1H3,(H,20,23). The van der Waals surface area contributed by atoms with Crippen molar-refractivity contribution < 1.29 is 9.59 Å². The molecule has 23 heavy (non-hydrogen) atoms. The van der Waals surface area contributed by atoms with Crippen molar-refractivity contribution in [2.45, 2.75) is 44.4 Å². The first-order valence-electron chi connectivity index (χ1n) is 8.69. The number of carbonyl (C=O) groups excluding carboxylic acids is 2. The van der Waals surface area contributed by atoms with Crippen LogP contribution in [0.15, 0.2) is 30.3 Å². The summed E-state index contributed by atoms with van der Waals surface area (Å²) in [6.07, 6.45) is 5.11. The fourth-order valence-electron chi connectivity index (χ4n) is 3.82. The molecule has 2 aliphatic rings. The van der Waals surface area contributed by atoms with E-state index in [4.69, 9.17) is 0 Å². The lowest BCUT2D eigenvalue weighted by atomic mass is 9.64. The molecule has 0 radical (unpaired) electrons. The van der Waals surface area contributed by atoms with Gasteiger partial charge in [0.1, 0.15) is 0 Å². The Kier molecular flexibility index (Phi) is 4.69. The molecule has 1 aromatic rings. The maximum absolute atomic E-state index is 12.5. The predicted octanol–water partition coefficient (Wildman–Crippen LogP) is 2.48. The first-order valence-corrected chi connectivity index (χ1v) is 8.69. The SMILES string of the molecule is CC(=O)N1CCC(C(=O)NCC2(c3ccccc3)CCC2)CC1. The average Bonchev–Trinajstić information content (AvgIpc) is 2.55.